The number of carbonyl (C=O) groups excluding carboxylic acids is 2. The standard InChI is InChI=1S/C25H28N2O7/c1-4-32-20(28)13-14-34-19-12-11-16(3)15-18(19)21-23(25(29)33-5-2)26-22(24(21)27(30)31)17-9-7-6-8-10-17/h6-15,21-24,26H,4-5H2,1-3H3/b14-13+/t21-,22+,23+,24+/m1/s1. The van der Waals surface area contributed by atoms with Gasteiger partial charge >= 0.3 is 11.9 Å². The lowest BCUT2D eigenvalue weighted by Crippen LogP contribution is -2.37. The van der Waals surface area contributed by atoms with E-state index in [9.17, 15) is 19.7 Å². The fourth-order valence-electron chi connectivity index (χ4n) is 4.21. The van der Waals surface area contributed by atoms with E-state index in [4.69, 9.17) is 14.2 Å². The number of ether oxygens (including phenoxy) is 3. The van der Waals surface area contributed by atoms with Crippen molar-refractivity contribution in [2.24, 2.45) is 0 Å². The predicted molar refractivity (Wildman–Crippen MR) is 124 cm³/mol. The van der Waals surface area contributed by atoms with Crippen LogP contribution in [0, 0.1) is 17.0 Å². The quantitative estimate of drug-likeness (QED) is 0.196. The Labute approximate surface area is 197 Å². The first-order chi connectivity index (χ1) is 16.4. The summed E-state index contributed by atoms with van der Waals surface area (Å²) in [5, 5.41) is 15.5. The molecule has 3 rings (SSSR count). The Balaban J connectivity index is 2.07. The van der Waals surface area contributed by atoms with Crippen molar-refractivity contribution in [3.05, 3.63) is 87.7 Å². The number of carbonyl (C=O) groups is 2. The average Bonchev–Trinajstić information content (AvgIpc) is 3.22. The van der Waals surface area contributed by atoms with E-state index in [2.05, 4.69) is 5.32 Å². The van der Waals surface area contributed by atoms with Gasteiger partial charge in [-0.05, 0) is 32.4 Å². The molecule has 1 saturated heterocycles. The van der Waals surface area contributed by atoms with Crippen LogP contribution in [-0.2, 0) is 19.1 Å². The summed E-state index contributed by atoms with van der Waals surface area (Å²) in [5.41, 5.74) is 2.00. The predicted octanol–water partition coefficient (Wildman–Crippen LogP) is 3.46. The lowest BCUT2D eigenvalue weighted by atomic mass is 9.84. The largest absolute Gasteiger partial charge is 0.465 e. The van der Waals surface area contributed by atoms with Gasteiger partial charge in [-0.1, -0.05) is 48.0 Å². The molecule has 34 heavy (non-hydrogen) atoms. The Kier molecular flexibility index (Phi) is 8.37. The Morgan fingerprint density at radius 1 is 1.09 bits per heavy atom. The van der Waals surface area contributed by atoms with Crippen molar-refractivity contribution < 1.29 is 28.7 Å². The van der Waals surface area contributed by atoms with E-state index in [0.717, 1.165) is 11.6 Å². The number of nitrogens with zero attached hydrogens (tertiary/aromatic N) is 1. The molecule has 0 radical (unpaired) electrons. The van der Waals surface area contributed by atoms with Gasteiger partial charge < -0.3 is 14.2 Å². The minimum atomic E-state index is -1.17. The molecule has 0 spiro atoms. The number of esters is 2. The number of rotatable bonds is 9. The van der Waals surface area contributed by atoms with Gasteiger partial charge in [0.15, 0.2) is 0 Å². The van der Waals surface area contributed by atoms with Crippen LogP contribution >= 0.6 is 0 Å². The highest BCUT2D eigenvalue weighted by atomic mass is 16.6. The first-order valence-corrected chi connectivity index (χ1v) is 11.1. The van der Waals surface area contributed by atoms with Crippen LogP contribution in [0.3, 0.4) is 0 Å². The zero-order valence-corrected chi connectivity index (χ0v) is 19.3. The van der Waals surface area contributed by atoms with Crippen LogP contribution in [0.4, 0.5) is 0 Å². The molecule has 180 valence electrons. The average molecular weight is 469 g/mol. The summed E-state index contributed by atoms with van der Waals surface area (Å²) in [5.74, 6) is -1.74. The molecular weight excluding hydrogens is 440 g/mol. The molecular formula is C25H28N2O7. The number of hydrogen-bond acceptors (Lipinski definition) is 8. The summed E-state index contributed by atoms with van der Waals surface area (Å²) in [4.78, 5) is 36.6. The van der Waals surface area contributed by atoms with Gasteiger partial charge in [0.05, 0.1) is 31.5 Å². The lowest BCUT2D eigenvalue weighted by Gasteiger charge is -2.22. The minimum absolute atomic E-state index is 0.141. The van der Waals surface area contributed by atoms with Gasteiger partial charge in [-0.25, -0.2) is 4.79 Å². The van der Waals surface area contributed by atoms with Crippen molar-refractivity contribution >= 4 is 11.9 Å². The molecule has 0 aromatic heterocycles. The number of nitro groups is 1. The van der Waals surface area contributed by atoms with Crippen LogP contribution in [-0.4, -0.2) is 42.2 Å². The molecule has 2 aromatic carbocycles. The van der Waals surface area contributed by atoms with Crippen molar-refractivity contribution in [2.75, 3.05) is 13.2 Å². The smallest absolute Gasteiger partial charge is 0.333 e. The minimum Gasteiger partial charge on any atom is -0.465 e. The second-order valence-electron chi connectivity index (χ2n) is 7.80. The molecule has 2 aromatic rings. The lowest BCUT2D eigenvalue weighted by molar-refractivity contribution is -0.527. The normalized spacial score (nSPS) is 21.9. The molecule has 1 fully saturated rings. The van der Waals surface area contributed by atoms with E-state index in [-0.39, 0.29) is 18.1 Å². The van der Waals surface area contributed by atoms with Crippen LogP contribution in [0.25, 0.3) is 0 Å². The molecule has 1 heterocycles. The summed E-state index contributed by atoms with van der Waals surface area (Å²) in [6.07, 6.45) is 2.30. The van der Waals surface area contributed by atoms with Crippen molar-refractivity contribution in [3.8, 4) is 5.75 Å². The third kappa shape index (κ3) is 5.60. The molecule has 0 saturated carbocycles. The zero-order valence-electron chi connectivity index (χ0n) is 19.3. The number of aryl methyl sites for hydroxylation is 1. The van der Waals surface area contributed by atoms with Crippen LogP contribution in [0.5, 0.6) is 5.75 Å². The fraction of sp³-hybridized carbons (Fsp3) is 0.360. The number of benzene rings is 2. The Bertz CT molecular complexity index is 1050. The fourth-order valence-corrected chi connectivity index (χ4v) is 4.21. The number of hydrogen-bond donors (Lipinski definition) is 1. The van der Waals surface area contributed by atoms with Crippen molar-refractivity contribution in [2.45, 2.75) is 44.8 Å². The van der Waals surface area contributed by atoms with Gasteiger partial charge in [-0.3, -0.25) is 20.2 Å². The summed E-state index contributed by atoms with van der Waals surface area (Å²) in [7, 11) is 0. The molecule has 0 amide bonds. The van der Waals surface area contributed by atoms with Crippen molar-refractivity contribution in [1.82, 2.24) is 5.32 Å². The molecule has 9 nitrogen and oxygen atoms in total. The van der Waals surface area contributed by atoms with Gasteiger partial charge in [0.1, 0.15) is 17.8 Å². The van der Waals surface area contributed by atoms with Gasteiger partial charge in [-0.15, -0.1) is 0 Å². The molecule has 1 N–H and O–H groups in total. The Hall–Kier alpha value is -3.72. The second kappa shape index (κ2) is 11.4. The van der Waals surface area contributed by atoms with E-state index >= 15 is 0 Å². The van der Waals surface area contributed by atoms with Crippen LogP contribution in [0.2, 0.25) is 0 Å². The third-order valence-electron chi connectivity index (χ3n) is 5.58. The van der Waals surface area contributed by atoms with Crippen LogP contribution in [0.1, 0.15) is 42.5 Å². The monoisotopic (exact) mass is 468 g/mol. The second-order valence-corrected chi connectivity index (χ2v) is 7.80. The van der Waals surface area contributed by atoms with Crippen molar-refractivity contribution in [1.29, 1.82) is 0 Å². The van der Waals surface area contributed by atoms with Crippen LogP contribution in [0.15, 0.2) is 60.9 Å². The van der Waals surface area contributed by atoms with E-state index < -0.39 is 36.0 Å². The maximum atomic E-state index is 12.9. The van der Waals surface area contributed by atoms with E-state index in [1.165, 1.54) is 6.26 Å². The van der Waals surface area contributed by atoms with Crippen LogP contribution < -0.4 is 10.1 Å². The maximum absolute atomic E-state index is 12.9. The van der Waals surface area contributed by atoms with Gasteiger partial charge in [0, 0.05) is 10.5 Å². The Morgan fingerprint density at radius 3 is 2.44 bits per heavy atom. The summed E-state index contributed by atoms with van der Waals surface area (Å²) in [6.45, 7) is 5.58. The molecule has 1 aliphatic rings. The van der Waals surface area contributed by atoms with E-state index in [0.29, 0.717) is 16.9 Å². The summed E-state index contributed by atoms with van der Waals surface area (Å²) < 4.78 is 15.8. The number of nitrogens with one attached hydrogen (secondary N) is 1. The summed E-state index contributed by atoms with van der Waals surface area (Å²) >= 11 is 0. The Morgan fingerprint density at radius 2 is 1.79 bits per heavy atom. The highest BCUT2D eigenvalue weighted by Crippen LogP contribution is 2.44. The molecule has 0 bridgehead atoms. The maximum Gasteiger partial charge on any atom is 0.333 e. The molecule has 0 aliphatic carbocycles. The van der Waals surface area contributed by atoms with E-state index in [1.807, 2.05) is 13.0 Å². The molecule has 0 unspecified atom stereocenters. The first-order valence-electron chi connectivity index (χ1n) is 11.1. The SMILES string of the molecule is CCOC(=O)/C=C/Oc1ccc(C)cc1[C@H]1[C@H]([N+](=O)[O-])[C@H](c2ccccc2)N[C@@H]1C(=O)OCC. The topological polar surface area (TPSA) is 117 Å². The van der Waals surface area contributed by atoms with E-state index in [1.54, 1.807) is 56.3 Å². The summed E-state index contributed by atoms with van der Waals surface area (Å²) in [6, 6.07) is 11.3. The van der Waals surface area contributed by atoms with Gasteiger partial charge in [0.25, 0.3) is 0 Å². The third-order valence-corrected chi connectivity index (χ3v) is 5.58. The van der Waals surface area contributed by atoms with Gasteiger partial charge in [0.2, 0.25) is 6.04 Å². The first kappa shape index (κ1) is 24.9. The van der Waals surface area contributed by atoms with Gasteiger partial charge in [-0.2, -0.15) is 0 Å². The molecule has 1 aliphatic heterocycles. The molecule has 4 atom stereocenters. The highest BCUT2D eigenvalue weighted by Gasteiger charge is 2.55. The zero-order chi connectivity index (χ0) is 24.7. The highest BCUT2D eigenvalue weighted by molar-refractivity contribution is 5.81. The van der Waals surface area contributed by atoms with Crippen molar-refractivity contribution in [3.63, 3.8) is 0 Å². The molecule has 9 heteroatoms.